The molecule has 1 fully saturated rings. The fourth-order valence-corrected chi connectivity index (χ4v) is 5.24. The van der Waals surface area contributed by atoms with E-state index in [-0.39, 0.29) is 28.4 Å². The van der Waals surface area contributed by atoms with Gasteiger partial charge in [-0.3, -0.25) is 4.79 Å². The maximum absolute atomic E-state index is 13.4. The minimum Gasteiger partial charge on any atom is -0.356 e. The van der Waals surface area contributed by atoms with E-state index in [0.29, 0.717) is 29.6 Å². The first-order chi connectivity index (χ1) is 13.6. The Hall–Kier alpha value is -3.20. The number of carbonyl (C=O) groups is 1. The number of amides is 1. The number of sulfone groups is 1. The SMILES string of the molecule is O=C1CC(n2c(S(=O)(=O)c3ccccc3)nc3cnc4[nH]ccc4c32)CCN1. The number of fused-ring (bicyclic) bond motifs is 3. The second-order valence-corrected chi connectivity index (χ2v) is 8.65. The van der Waals surface area contributed by atoms with Gasteiger partial charge in [0.15, 0.2) is 0 Å². The predicted molar refractivity (Wildman–Crippen MR) is 103 cm³/mol. The van der Waals surface area contributed by atoms with E-state index in [2.05, 4.69) is 20.3 Å². The molecule has 1 aliphatic heterocycles. The van der Waals surface area contributed by atoms with Gasteiger partial charge in [0, 0.05) is 30.6 Å². The summed E-state index contributed by atoms with van der Waals surface area (Å²) in [7, 11) is -3.87. The third-order valence-electron chi connectivity index (χ3n) is 5.08. The van der Waals surface area contributed by atoms with Crippen LogP contribution in [0.15, 0.2) is 58.8 Å². The average molecular weight is 395 g/mol. The number of nitrogens with zero attached hydrogens (tertiary/aromatic N) is 3. The van der Waals surface area contributed by atoms with Gasteiger partial charge in [0.1, 0.15) is 11.2 Å². The fourth-order valence-electron chi connectivity index (χ4n) is 3.79. The number of pyridine rings is 1. The number of imidazole rings is 1. The van der Waals surface area contributed by atoms with E-state index < -0.39 is 9.84 Å². The van der Waals surface area contributed by atoms with E-state index in [1.54, 1.807) is 47.3 Å². The van der Waals surface area contributed by atoms with Crippen LogP contribution in [0.3, 0.4) is 0 Å². The Morgan fingerprint density at radius 3 is 2.75 bits per heavy atom. The molecule has 3 aromatic heterocycles. The molecule has 9 heteroatoms. The molecule has 1 atom stereocenters. The van der Waals surface area contributed by atoms with Crippen LogP contribution in [-0.4, -0.2) is 40.4 Å². The van der Waals surface area contributed by atoms with E-state index in [9.17, 15) is 13.2 Å². The Bertz CT molecular complexity index is 1310. The van der Waals surface area contributed by atoms with Crippen LogP contribution in [0.5, 0.6) is 0 Å². The number of benzene rings is 1. The van der Waals surface area contributed by atoms with E-state index in [4.69, 9.17) is 0 Å². The van der Waals surface area contributed by atoms with Gasteiger partial charge in [0.2, 0.25) is 20.9 Å². The summed E-state index contributed by atoms with van der Waals surface area (Å²) in [6.07, 6.45) is 4.16. The number of carbonyl (C=O) groups excluding carboxylic acids is 1. The Balaban J connectivity index is 1.84. The van der Waals surface area contributed by atoms with Crippen LogP contribution in [0.4, 0.5) is 0 Å². The van der Waals surface area contributed by atoms with Crippen LogP contribution in [0.1, 0.15) is 18.9 Å². The van der Waals surface area contributed by atoms with Crippen molar-refractivity contribution in [2.45, 2.75) is 28.9 Å². The molecule has 8 nitrogen and oxygen atoms in total. The highest BCUT2D eigenvalue weighted by Gasteiger charge is 2.32. The van der Waals surface area contributed by atoms with Gasteiger partial charge in [0.25, 0.3) is 0 Å². The number of rotatable bonds is 3. The molecule has 1 amide bonds. The second kappa shape index (κ2) is 6.16. The molecule has 0 bridgehead atoms. The molecule has 28 heavy (non-hydrogen) atoms. The van der Waals surface area contributed by atoms with Crippen LogP contribution in [0.25, 0.3) is 22.1 Å². The lowest BCUT2D eigenvalue weighted by atomic mass is 10.1. The summed E-state index contributed by atoms with van der Waals surface area (Å²) in [4.78, 5) is 24.0. The minimum absolute atomic E-state index is 0.0519. The molecule has 1 aliphatic rings. The predicted octanol–water partition coefficient (Wildman–Crippen LogP) is 2.20. The van der Waals surface area contributed by atoms with E-state index in [0.717, 1.165) is 5.39 Å². The van der Waals surface area contributed by atoms with Gasteiger partial charge >= 0.3 is 0 Å². The molecule has 4 heterocycles. The Morgan fingerprint density at radius 1 is 1.14 bits per heavy atom. The summed E-state index contributed by atoms with van der Waals surface area (Å²) >= 11 is 0. The monoisotopic (exact) mass is 395 g/mol. The van der Waals surface area contributed by atoms with Crippen molar-refractivity contribution in [3.8, 4) is 0 Å². The minimum atomic E-state index is -3.87. The quantitative estimate of drug-likeness (QED) is 0.553. The van der Waals surface area contributed by atoms with Crippen LogP contribution >= 0.6 is 0 Å². The molecular formula is C19H17N5O3S. The zero-order valence-electron chi connectivity index (χ0n) is 14.8. The van der Waals surface area contributed by atoms with Gasteiger partial charge in [0.05, 0.1) is 16.6 Å². The molecule has 142 valence electrons. The van der Waals surface area contributed by atoms with E-state index >= 15 is 0 Å². The summed E-state index contributed by atoms with van der Waals surface area (Å²) in [6.45, 7) is 0.495. The Kier molecular flexibility index (Phi) is 3.73. The largest absolute Gasteiger partial charge is 0.356 e. The summed E-state index contributed by atoms with van der Waals surface area (Å²) in [5, 5.41) is 3.53. The molecule has 5 rings (SSSR count). The zero-order chi connectivity index (χ0) is 19.3. The van der Waals surface area contributed by atoms with Crippen LogP contribution in [0, 0.1) is 0 Å². The fraction of sp³-hybridized carbons (Fsp3) is 0.211. The van der Waals surface area contributed by atoms with E-state index in [1.807, 2.05) is 6.07 Å². The third kappa shape index (κ3) is 2.50. The van der Waals surface area contributed by atoms with Gasteiger partial charge in [-0.05, 0) is 24.6 Å². The maximum atomic E-state index is 13.4. The third-order valence-corrected chi connectivity index (χ3v) is 6.74. The standard InChI is InChI=1S/C19H17N5O3S/c25-16-10-12(6-8-20-16)24-17-14-7-9-21-18(14)22-11-15(17)23-19(24)28(26,27)13-4-2-1-3-5-13/h1-5,7,9,11-12H,6,8,10H2,(H,20,25)(H,21,22). The van der Waals surface area contributed by atoms with Gasteiger partial charge in [-0.2, -0.15) is 0 Å². The van der Waals surface area contributed by atoms with Crippen molar-refractivity contribution in [1.82, 2.24) is 24.8 Å². The number of piperidine rings is 1. The van der Waals surface area contributed by atoms with Gasteiger partial charge < -0.3 is 14.9 Å². The highest BCUT2D eigenvalue weighted by Crippen LogP contribution is 2.34. The van der Waals surface area contributed by atoms with E-state index in [1.165, 1.54) is 0 Å². The Morgan fingerprint density at radius 2 is 1.96 bits per heavy atom. The summed E-state index contributed by atoms with van der Waals surface area (Å²) in [5.74, 6) is -0.0967. The smallest absolute Gasteiger partial charge is 0.240 e. The lowest BCUT2D eigenvalue weighted by molar-refractivity contribution is -0.123. The molecule has 0 spiro atoms. The summed E-state index contributed by atoms with van der Waals surface area (Å²) in [6, 6.07) is 9.78. The summed E-state index contributed by atoms with van der Waals surface area (Å²) < 4.78 is 28.5. The number of H-pyrrole nitrogens is 1. The molecule has 2 N–H and O–H groups in total. The number of nitrogens with one attached hydrogen (secondary N) is 2. The van der Waals surface area contributed by atoms with Crippen molar-refractivity contribution < 1.29 is 13.2 Å². The highest BCUT2D eigenvalue weighted by molar-refractivity contribution is 7.91. The zero-order valence-corrected chi connectivity index (χ0v) is 15.6. The van der Waals surface area contributed by atoms with Crippen molar-refractivity contribution in [1.29, 1.82) is 0 Å². The van der Waals surface area contributed by atoms with Crippen LogP contribution in [0.2, 0.25) is 0 Å². The number of aromatic amines is 1. The lowest BCUT2D eigenvalue weighted by Gasteiger charge is -2.25. The molecule has 1 saturated heterocycles. The highest BCUT2D eigenvalue weighted by atomic mass is 32.2. The molecule has 0 aliphatic carbocycles. The number of aromatic nitrogens is 4. The van der Waals surface area contributed by atoms with Gasteiger partial charge in [-0.1, -0.05) is 18.2 Å². The van der Waals surface area contributed by atoms with Crippen molar-refractivity contribution >= 4 is 37.8 Å². The first-order valence-corrected chi connectivity index (χ1v) is 10.4. The van der Waals surface area contributed by atoms with Gasteiger partial charge in [-0.15, -0.1) is 0 Å². The molecule has 1 unspecified atom stereocenters. The topological polar surface area (TPSA) is 110 Å². The molecular weight excluding hydrogens is 378 g/mol. The molecule has 4 aromatic rings. The van der Waals surface area contributed by atoms with Crippen LogP contribution in [-0.2, 0) is 14.6 Å². The van der Waals surface area contributed by atoms with Crippen molar-refractivity contribution in [3.05, 3.63) is 48.8 Å². The van der Waals surface area contributed by atoms with Crippen molar-refractivity contribution in [3.63, 3.8) is 0 Å². The van der Waals surface area contributed by atoms with Gasteiger partial charge in [-0.25, -0.2) is 18.4 Å². The molecule has 0 radical (unpaired) electrons. The average Bonchev–Trinajstić information content (AvgIpc) is 3.33. The van der Waals surface area contributed by atoms with Crippen molar-refractivity contribution in [2.75, 3.05) is 6.54 Å². The van der Waals surface area contributed by atoms with Crippen molar-refractivity contribution in [2.24, 2.45) is 0 Å². The summed E-state index contributed by atoms with van der Waals surface area (Å²) in [5.41, 5.74) is 1.82. The maximum Gasteiger partial charge on any atom is 0.240 e. The second-order valence-electron chi connectivity index (χ2n) is 6.81. The molecule has 1 aromatic carbocycles. The number of hydrogen-bond acceptors (Lipinski definition) is 5. The normalized spacial score (nSPS) is 17.9. The Labute approximate surface area is 160 Å². The first-order valence-electron chi connectivity index (χ1n) is 8.96. The lowest BCUT2D eigenvalue weighted by Crippen LogP contribution is -2.35. The van der Waals surface area contributed by atoms with Crippen LogP contribution < -0.4 is 5.32 Å². The molecule has 0 saturated carbocycles. The first kappa shape index (κ1) is 16.9. The number of hydrogen-bond donors (Lipinski definition) is 2.